The number of benzene rings is 6. The van der Waals surface area contributed by atoms with E-state index in [0.717, 1.165) is 52.4 Å². The molecule has 0 fully saturated rings. The van der Waals surface area contributed by atoms with E-state index >= 15 is 0 Å². The van der Waals surface area contributed by atoms with Crippen LogP contribution in [0.5, 0.6) is 0 Å². The monoisotopic (exact) mass is 718 g/mol. The lowest BCUT2D eigenvalue weighted by atomic mass is 9.87. The molecule has 4 heteroatoms. The highest BCUT2D eigenvalue weighted by Gasteiger charge is 2.23. The molecule has 0 saturated carbocycles. The van der Waals surface area contributed by atoms with E-state index in [1.54, 1.807) is 0 Å². The Kier molecular flexibility index (Phi) is 7.73. The van der Waals surface area contributed by atoms with E-state index < -0.39 is 0 Å². The molecule has 2 aliphatic rings. The first kappa shape index (κ1) is 32.4. The van der Waals surface area contributed by atoms with Crippen LogP contribution >= 0.6 is 0 Å². The zero-order valence-corrected chi connectivity index (χ0v) is 30.8. The maximum Gasteiger partial charge on any atom is 0.160 e. The Morgan fingerprint density at radius 1 is 0.500 bits per heavy atom. The molecule has 0 spiro atoms. The van der Waals surface area contributed by atoms with Crippen LogP contribution in [-0.2, 0) is 0 Å². The largest absolute Gasteiger partial charge is 0.333 e. The van der Waals surface area contributed by atoms with Gasteiger partial charge in [-0.1, -0.05) is 158 Å². The molecular formula is C52H38N4. The molecule has 11 rings (SSSR count). The molecule has 266 valence electrons. The van der Waals surface area contributed by atoms with Gasteiger partial charge in [-0.25, -0.2) is 9.97 Å². The van der Waals surface area contributed by atoms with Gasteiger partial charge < -0.3 is 9.13 Å². The lowest BCUT2D eigenvalue weighted by Gasteiger charge is -2.24. The molecule has 6 aromatic carbocycles. The Hall–Kier alpha value is -7.04. The number of nitrogens with zero attached hydrogens (tertiary/aromatic N) is 4. The summed E-state index contributed by atoms with van der Waals surface area (Å²) in [6.07, 6.45) is 14.2. The second-order valence-electron chi connectivity index (χ2n) is 14.9. The molecule has 0 N–H and O–H groups in total. The summed E-state index contributed by atoms with van der Waals surface area (Å²) in [6, 6.07) is 58.3. The zero-order chi connectivity index (χ0) is 37.0. The molecule has 2 unspecified atom stereocenters. The van der Waals surface area contributed by atoms with Gasteiger partial charge >= 0.3 is 0 Å². The first-order chi connectivity index (χ1) is 27.8. The highest BCUT2D eigenvalue weighted by Crippen LogP contribution is 2.37. The Balaban J connectivity index is 1.01. The molecule has 2 atom stereocenters. The number of fused-ring (bicyclic) bond motifs is 6. The predicted molar refractivity (Wildman–Crippen MR) is 232 cm³/mol. The van der Waals surface area contributed by atoms with E-state index in [9.17, 15) is 0 Å². The molecule has 4 nitrogen and oxygen atoms in total. The summed E-state index contributed by atoms with van der Waals surface area (Å²) in [5.41, 5.74) is 11.2. The quantitative estimate of drug-likeness (QED) is 0.172. The number of hydrogen-bond donors (Lipinski definition) is 0. The maximum atomic E-state index is 5.14. The molecule has 56 heavy (non-hydrogen) atoms. The molecule has 0 saturated heterocycles. The topological polar surface area (TPSA) is 35.6 Å². The fourth-order valence-corrected chi connectivity index (χ4v) is 8.98. The third kappa shape index (κ3) is 5.45. The SMILES string of the molecule is C1=CC(C2C=c3c(n(-c4cccc(-c5cc(-c6ccccc6)nc(-c6ccccc6)n5)c4)c4ccccc34)=CC2)=CC(n2c3ccccc3c3ccccc32)C1. The van der Waals surface area contributed by atoms with Crippen molar-refractivity contribution in [3.05, 3.63) is 198 Å². The van der Waals surface area contributed by atoms with Crippen LogP contribution in [0.15, 0.2) is 188 Å². The summed E-state index contributed by atoms with van der Waals surface area (Å²) >= 11 is 0. The molecule has 3 heterocycles. The average molecular weight is 719 g/mol. The molecule has 0 aliphatic heterocycles. The summed E-state index contributed by atoms with van der Waals surface area (Å²) in [6.45, 7) is 0. The van der Waals surface area contributed by atoms with Gasteiger partial charge in [-0.15, -0.1) is 0 Å². The van der Waals surface area contributed by atoms with Crippen molar-refractivity contribution < 1.29 is 0 Å². The molecule has 0 radical (unpaired) electrons. The van der Waals surface area contributed by atoms with E-state index in [1.165, 1.54) is 48.8 Å². The molecule has 0 amide bonds. The Morgan fingerprint density at radius 3 is 1.84 bits per heavy atom. The van der Waals surface area contributed by atoms with Gasteiger partial charge in [0.2, 0.25) is 0 Å². The second kappa shape index (κ2) is 13.4. The normalized spacial score (nSPS) is 16.4. The third-order valence-electron chi connectivity index (χ3n) is 11.6. The van der Waals surface area contributed by atoms with Crippen LogP contribution in [-0.4, -0.2) is 19.1 Å². The Bertz CT molecular complexity index is 3040. The van der Waals surface area contributed by atoms with Crippen molar-refractivity contribution in [3.63, 3.8) is 0 Å². The predicted octanol–water partition coefficient (Wildman–Crippen LogP) is 11.2. The fraction of sp³-hybridized carbons (Fsp3) is 0.0769. The van der Waals surface area contributed by atoms with Gasteiger partial charge in [0.05, 0.1) is 22.9 Å². The minimum absolute atomic E-state index is 0.255. The van der Waals surface area contributed by atoms with Crippen LogP contribution in [0.25, 0.3) is 84.5 Å². The Morgan fingerprint density at radius 2 is 1.11 bits per heavy atom. The lowest BCUT2D eigenvalue weighted by Crippen LogP contribution is -2.32. The van der Waals surface area contributed by atoms with Crippen LogP contribution in [0.2, 0.25) is 0 Å². The summed E-state index contributed by atoms with van der Waals surface area (Å²) in [5, 5.41) is 6.46. The maximum absolute atomic E-state index is 5.14. The van der Waals surface area contributed by atoms with Crippen molar-refractivity contribution in [1.82, 2.24) is 19.1 Å². The molecule has 9 aromatic rings. The summed E-state index contributed by atoms with van der Waals surface area (Å²) in [5.74, 6) is 1.01. The fourth-order valence-electron chi connectivity index (χ4n) is 8.98. The van der Waals surface area contributed by atoms with Gasteiger partial charge in [-0.3, -0.25) is 0 Å². The second-order valence-corrected chi connectivity index (χ2v) is 14.9. The van der Waals surface area contributed by atoms with Crippen molar-refractivity contribution in [1.29, 1.82) is 0 Å². The van der Waals surface area contributed by atoms with Crippen molar-refractivity contribution in [2.45, 2.75) is 18.9 Å². The molecule has 2 aliphatic carbocycles. The van der Waals surface area contributed by atoms with Gasteiger partial charge in [-0.05, 0) is 54.8 Å². The molecule has 3 aromatic heterocycles. The Labute approximate surface area is 325 Å². The van der Waals surface area contributed by atoms with Gasteiger partial charge in [0.25, 0.3) is 0 Å². The van der Waals surface area contributed by atoms with Crippen molar-refractivity contribution in [3.8, 4) is 39.6 Å². The first-order valence-corrected chi connectivity index (χ1v) is 19.5. The summed E-state index contributed by atoms with van der Waals surface area (Å²) < 4.78 is 4.98. The van der Waals surface area contributed by atoms with E-state index in [4.69, 9.17) is 9.97 Å². The minimum atomic E-state index is 0.255. The number of hydrogen-bond acceptors (Lipinski definition) is 2. The van der Waals surface area contributed by atoms with E-state index in [-0.39, 0.29) is 12.0 Å². The lowest BCUT2D eigenvalue weighted by molar-refractivity contribution is 0.632. The number of aromatic nitrogens is 4. The zero-order valence-electron chi connectivity index (χ0n) is 30.8. The number of para-hydroxylation sites is 3. The smallest absolute Gasteiger partial charge is 0.160 e. The molecular weight excluding hydrogens is 681 g/mol. The van der Waals surface area contributed by atoms with Gasteiger partial charge in [-0.2, -0.15) is 0 Å². The van der Waals surface area contributed by atoms with Crippen molar-refractivity contribution in [2.24, 2.45) is 5.92 Å². The van der Waals surface area contributed by atoms with Crippen LogP contribution in [0.1, 0.15) is 18.9 Å². The highest BCUT2D eigenvalue weighted by atomic mass is 15.0. The van der Waals surface area contributed by atoms with Crippen LogP contribution < -0.4 is 10.6 Å². The highest BCUT2D eigenvalue weighted by molar-refractivity contribution is 6.08. The van der Waals surface area contributed by atoms with Crippen LogP contribution in [0, 0.1) is 5.92 Å². The minimum Gasteiger partial charge on any atom is -0.333 e. The van der Waals surface area contributed by atoms with Crippen LogP contribution in [0.4, 0.5) is 0 Å². The summed E-state index contributed by atoms with van der Waals surface area (Å²) in [4.78, 5) is 10.2. The third-order valence-corrected chi connectivity index (χ3v) is 11.6. The summed E-state index contributed by atoms with van der Waals surface area (Å²) in [7, 11) is 0. The van der Waals surface area contributed by atoms with Crippen molar-refractivity contribution in [2.75, 3.05) is 0 Å². The van der Waals surface area contributed by atoms with Crippen molar-refractivity contribution >= 4 is 44.9 Å². The van der Waals surface area contributed by atoms with E-state index in [2.05, 4.69) is 179 Å². The standard InChI is InChI=1S/C52H38N4/c1-3-15-35(16-4-1)46-34-47(54-52(53-46)36-17-5-2-6-18-36)39-20-14-22-41(32-39)56-50-28-12-9-25-44(50)45-33-38(29-30-51(45)56)37-19-13-21-40(31-37)55-48-26-10-7-23-42(48)43-24-8-11-27-49(43)55/h1-20,22-28,30-34,38,40H,21,29H2. The van der Waals surface area contributed by atoms with Gasteiger partial charge in [0, 0.05) is 66.1 Å². The average Bonchev–Trinajstić information content (AvgIpc) is 3.80. The number of allylic oxidation sites excluding steroid dienone is 4. The van der Waals surface area contributed by atoms with Gasteiger partial charge in [0.15, 0.2) is 5.82 Å². The van der Waals surface area contributed by atoms with Crippen LogP contribution in [0.3, 0.4) is 0 Å². The van der Waals surface area contributed by atoms with E-state index in [0.29, 0.717) is 0 Å². The van der Waals surface area contributed by atoms with Gasteiger partial charge in [0.1, 0.15) is 0 Å². The first-order valence-electron chi connectivity index (χ1n) is 19.5. The molecule has 0 bridgehead atoms. The van der Waals surface area contributed by atoms with E-state index in [1.807, 2.05) is 24.3 Å². The number of rotatable bonds is 6.